The van der Waals surface area contributed by atoms with Crippen molar-refractivity contribution in [1.82, 2.24) is 10.6 Å². The molecule has 2 aromatic rings. The first-order valence-electron chi connectivity index (χ1n) is 8.54. The van der Waals surface area contributed by atoms with Gasteiger partial charge in [-0.3, -0.25) is 9.79 Å². The van der Waals surface area contributed by atoms with Gasteiger partial charge in [0.25, 0.3) is 0 Å². The summed E-state index contributed by atoms with van der Waals surface area (Å²) in [5, 5.41) is 9.16. The summed E-state index contributed by atoms with van der Waals surface area (Å²) in [5.74, 6) is 0.388. The van der Waals surface area contributed by atoms with Gasteiger partial charge in [-0.2, -0.15) is 0 Å². The third kappa shape index (κ3) is 6.20. The Morgan fingerprint density at radius 2 is 1.77 bits per heavy atom. The molecule has 0 saturated heterocycles. The number of anilines is 1. The Morgan fingerprint density at radius 1 is 1.08 bits per heavy atom. The van der Waals surface area contributed by atoms with Crippen molar-refractivity contribution in [2.24, 2.45) is 4.99 Å². The SMILES string of the molecule is CN=C(NCCc1ccc(NC(C)=O)cc1)NCc1ccc(C)c(F)c1. The van der Waals surface area contributed by atoms with Crippen LogP contribution < -0.4 is 16.0 Å². The summed E-state index contributed by atoms with van der Waals surface area (Å²) >= 11 is 0. The summed E-state index contributed by atoms with van der Waals surface area (Å²) in [4.78, 5) is 15.2. The van der Waals surface area contributed by atoms with E-state index in [2.05, 4.69) is 20.9 Å². The van der Waals surface area contributed by atoms with Gasteiger partial charge in [-0.1, -0.05) is 24.3 Å². The summed E-state index contributed by atoms with van der Waals surface area (Å²) in [7, 11) is 1.70. The summed E-state index contributed by atoms with van der Waals surface area (Å²) in [5.41, 5.74) is 3.45. The number of halogens is 1. The van der Waals surface area contributed by atoms with E-state index in [1.165, 1.54) is 13.0 Å². The van der Waals surface area contributed by atoms with E-state index in [0.717, 1.165) is 23.2 Å². The number of carbonyl (C=O) groups excluding carboxylic acids is 1. The van der Waals surface area contributed by atoms with Crippen LogP contribution in [-0.4, -0.2) is 25.5 Å². The summed E-state index contributed by atoms with van der Waals surface area (Å²) in [6, 6.07) is 12.9. The number of nitrogens with one attached hydrogen (secondary N) is 3. The Labute approximate surface area is 153 Å². The number of aryl methyl sites for hydroxylation is 1. The van der Waals surface area contributed by atoms with E-state index in [-0.39, 0.29) is 11.7 Å². The number of aliphatic imine (C=N–C) groups is 1. The molecule has 0 atom stereocenters. The number of benzene rings is 2. The van der Waals surface area contributed by atoms with E-state index in [9.17, 15) is 9.18 Å². The molecule has 0 saturated carbocycles. The summed E-state index contributed by atoms with van der Waals surface area (Å²) in [6.45, 7) is 4.45. The van der Waals surface area contributed by atoms with Crippen molar-refractivity contribution in [2.75, 3.05) is 18.9 Å². The minimum absolute atomic E-state index is 0.0808. The number of carbonyl (C=O) groups is 1. The van der Waals surface area contributed by atoms with Gasteiger partial charge in [0.2, 0.25) is 5.91 Å². The molecule has 6 heteroatoms. The Balaban J connectivity index is 1.78. The van der Waals surface area contributed by atoms with Crippen LogP contribution in [0.2, 0.25) is 0 Å². The quantitative estimate of drug-likeness (QED) is 0.551. The summed E-state index contributed by atoms with van der Waals surface area (Å²) < 4.78 is 13.6. The van der Waals surface area contributed by atoms with Gasteiger partial charge in [0.15, 0.2) is 5.96 Å². The third-order valence-corrected chi connectivity index (χ3v) is 3.90. The average Bonchev–Trinajstić information content (AvgIpc) is 2.61. The highest BCUT2D eigenvalue weighted by molar-refractivity contribution is 5.88. The van der Waals surface area contributed by atoms with Crippen molar-refractivity contribution in [3.63, 3.8) is 0 Å². The smallest absolute Gasteiger partial charge is 0.221 e. The molecule has 0 heterocycles. The molecule has 1 amide bonds. The zero-order valence-electron chi connectivity index (χ0n) is 15.4. The monoisotopic (exact) mass is 356 g/mol. The first-order chi connectivity index (χ1) is 12.5. The number of amides is 1. The Morgan fingerprint density at radius 3 is 2.38 bits per heavy atom. The van der Waals surface area contributed by atoms with Crippen LogP contribution in [-0.2, 0) is 17.8 Å². The maximum atomic E-state index is 13.6. The molecule has 0 fully saturated rings. The lowest BCUT2D eigenvalue weighted by atomic mass is 10.1. The molecule has 138 valence electrons. The maximum absolute atomic E-state index is 13.6. The zero-order valence-corrected chi connectivity index (χ0v) is 15.4. The van der Waals surface area contributed by atoms with Gasteiger partial charge in [-0.25, -0.2) is 4.39 Å². The first-order valence-corrected chi connectivity index (χ1v) is 8.54. The van der Waals surface area contributed by atoms with Gasteiger partial charge in [-0.15, -0.1) is 0 Å². The van der Waals surface area contributed by atoms with Crippen molar-refractivity contribution in [1.29, 1.82) is 0 Å². The molecule has 0 aromatic heterocycles. The largest absolute Gasteiger partial charge is 0.356 e. The van der Waals surface area contributed by atoms with E-state index < -0.39 is 0 Å². The molecule has 0 spiro atoms. The normalized spacial score (nSPS) is 11.2. The minimum Gasteiger partial charge on any atom is -0.356 e. The van der Waals surface area contributed by atoms with Crippen LogP contribution in [0.25, 0.3) is 0 Å². The van der Waals surface area contributed by atoms with Crippen LogP contribution in [0.1, 0.15) is 23.6 Å². The molecule has 0 aliphatic carbocycles. The molecule has 2 aromatic carbocycles. The van der Waals surface area contributed by atoms with Crippen LogP contribution in [0, 0.1) is 12.7 Å². The molecule has 5 nitrogen and oxygen atoms in total. The molecule has 26 heavy (non-hydrogen) atoms. The van der Waals surface area contributed by atoms with Crippen molar-refractivity contribution < 1.29 is 9.18 Å². The predicted molar refractivity (Wildman–Crippen MR) is 104 cm³/mol. The van der Waals surface area contributed by atoms with E-state index >= 15 is 0 Å². The van der Waals surface area contributed by atoms with E-state index in [4.69, 9.17) is 0 Å². The van der Waals surface area contributed by atoms with Gasteiger partial charge in [0.05, 0.1) is 0 Å². The Kier molecular flexibility index (Phi) is 7.14. The molecule has 0 aliphatic rings. The zero-order chi connectivity index (χ0) is 18.9. The van der Waals surface area contributed by atoms with Gasteiger partial charge >= 0.3 is 0 Å². The van der Waals surface area contributed by atoms with Crippen molar-refractivity contribution in [3.05, 3.63) is 65.0 Å². The molecule has 2 rings (SSSR count). The number of hydrogen-bond donors (Lipinski definition) is 3. The lowest BCUT2D eigenvalue weighted by Crippen LogP contribution is -2.37. The molecule has 0 radical (unpaired) electrons. The Bertz CT molecular complexity index is 772. The first kappa shape index (κ1) is 19.4. The molecular formula is C20H25FN4O. The van der Waals surface area contributed by atoms with Gasteiger partial charge in [0.1, 0.15) is 5.82 Å². The Hall–Kier alpha value is -2.89. The van der Waals surface area contributed by atoms with Gasteiger partial charge < -0.3 is 16.0 Å². The lowest BCUT2D eigenvalue weighted by Gasteiger charge is -2.12. The molecule has 0 unspecified atom stereocenters. The minimum atomic E-state index is -0.199. The fraction of sp³-hybridized carbons (Fsp3) is 0.300. The topological polar surface area (TPSA) is 65.5 Å². The highest BCUT2D eigenvalue weighted by Gasteiger charge is 2.02. The highest BCUT2D eigenvalue weighted by atomic mass is 19.1. The van der Waals surface area contributed by atoms with Crippen molar-refractivity contribution >= 4 is 17.6 Å². The van der Waals surface area contributed by atoms with Crippen LogP contribution in [0.5, 0.6) is 0 Å². The van der Waals surface area contributed by atoms with E-state index in [1.807, 2.05) is 30.3 Å². The number of guanidine groups is 1. The number of nitrogens with zero attached hydrogens (tertiary/aromatic N) is 1. The predicted octanol–water partition coefficient (Wildman–Crippen LogP) is 3.00. The van der Waals surface area contributed by atoms with E-state index in [1.54, 1.807) is 20.0 Å². The lowest BCUT2D eigenvalue weighted by molar-refractivity contribution is -0.114. The van der Waals surface area contributed by atoms with Crippen LogP contribution >= 0.6 is 0 Å². The van der Waals surface area contributed by atoms with Crippen LogP contribution in [0.15, 0.2) is 47.5 Å². The van der Waals surface area contributed by atoms with Crippen molar-refractivity contribution in [3.8, 4) is 0 Å². The second kappa shape index (κ2) is 9.56. The fourth-order valence-corrected chi connectivity index (χ4v) is 2.44. The second-order valence-corrected chi connectivity index (χ2v) is 6.06. The standard InChI is InChI=1S/C20H25FN4O/c1-14-4-5-17(12-19(14)21)13-24-20(22-3)23-11-10-16-6-8-18(9-7-16)25-15(2)26/h4-9,12H,10-11,13H2,1-3H3,(H,25,26)(H2,22,23,24). The molecular weight excluding hydrogens is 331 g/mol. The molecule has 0 bridgehead atoms. The molecule has 3 N–H and O–H groups in total. The average molecular weight is 356 g/mol. The summed E-state index contributed by atoms with van der Waals surface area (Å²) in [6.07, 6.45) is 0.820. The van der Waals surface area contributed by atoms with Crippen molar-refractivity contribution in [2.45, 2.75) is 26.8 Å². The second-order valence-electron chi connectivity index (χ2n) is 6.06. The van der Waals surface area contributed by atoms with Crippen LogP contribution in [0.3, 0.4) is 0 Å². The third-order valence-electron chi connectivity index (χ3n) is 3.90. The van der Waals surface area contributed by atoms with E-state index in [0.29, 0.717) is 24.6 Å². The number of rotatable bonds is 6. The molecule has 0 aliphatic heterocycles. The van der Waals surface area contributed by atoms with Gasteiger partial charge in [-0.05, 0) is 48.2 Å². The maximum Gasteiger partial charge on any atom is 0.221 e. The number of hydrogen-bond acceptors (Lipinski definition) is 2. The fourth-order valence-electron chi connectivity index (χ4n) is 2.44. The van der Waals surface area contributed by atoms with Gasteiger partial charge in [0, 0.05) is 32.7 Å². The van der Waals surface area contributed by atoms with Crippen LogP contribution in [0.4, 0.5) is 10.1 Å². The highest BCUT2D eigenvalue weighted by Crippen LogP contribution is 2.10.